The number of carbonyl (C=O) groups excluding carboxylic acids is 2. The maximum Gasteiger partial charge on any atom is 0.327 e. The molecule has 5 heteroatoms. The van der Waals surface area contributed by atoms with Crippen molar-refractivity contribution in [2.24, 2.45) is 0 Å². The fourth-order valence-corrected chi connectivity index (χ4v) is 5.74. The first-order chi connectivity index (χ1) is 16.6. The minimum atomic E-state index is -0.673. The van der Waals surface area contributed by atoms with Crippen LogP contribution in [-0.4, -0.2) is 58.4 Å². The number of carbonyl (C=O) groups is 2. The summed E-state index contributed by atoms with van der Waals surface area (Å²) >= 11 is 0. The number of imide groups is 1. The van der Waals surface area contributed by atoms with Crippen LogP contribution in [0.15, 0.2) is 72.8 Å². The van der Waals surface area contributed by atoms with Gasteiger partial charge in [0.1, 0.15) is 5.54 Å². The van der Waals surface area contributed by atoms with Gasteiger partial charge in [0.05, 0.1) is 0 Å². The van der Waals surface area contributed by atoms with Gasteiger partial charge in [-0.05, 0) is 54.5 Å². The fraction of sp³-hybridized carbons (Fsp3) is 0.379. The van der Waals surface area contributed by atoms with Gasteiger partial charge < -0.3 is 4.90 Å². The average Bonchev–Trinajstić information content (AvgIpc) is 3.07. The second-order valence-electron chi connectivity index (χ2n) is 9.52. The van der Waals surface area contributed by atoms with Gasteiger partial charge in [-0.3, -0.25) is 14.6 Å². The van der Waals surface area contributed by atoms with Gasteiger partial charge in [0.2, 0.25) is 0 Å². The van der Waals surface area contributed by atoms with Crippen molar-refractivity contribution in [1.82, 2.24) is 14.7 Å². The molecule has 2 aliphatic heterocycles. The molecule has 2 saturated heterocycles. The van der Waals surface area contributed by atoms with Crippen LogP contribution in [0.4, 0.5) is 4.79 Å². The number of urea groups is 1. The summed E-state index contributed by atoms with van der Waals surface area (Å²) in [5, 5.41) is 2.55. The number of aryl methyl sites for hydroxylation is 1. The highest BCUT2D eigenvalue weighted by atomic mass is 16.2. The minimum absolute atomic E-state index is 0.0113. The Morgan fingerprint density at radius 2 is 1.56 bits per heavy atom. The number of likely N-dealkylation sites (N-methyl/N-ethyl adjacent to an activating group) is 1. The number of fused-ring (bicyclic) bond motifs is 1. The lowest BCUT2D eigenvalue weighted by atomic mass is 9.85. The maximum absolute atomic E-state index is 13.6. The molecule has 176 valence electrons. The third-order valence-electron chi connectivity index (χ3n) is 7.59. The molecule has 0 atom stereocenters. The molecule has 3 aromatic rings. The molecule has 0 saturated carbocycles. The van der Waals surface area contributed by atoms with Crippen LogP contribution in [0.5, 0.6) is 0 Å². The smallest absolute Gasteiger partial charge is 0.310 e. The van der Waals surface area contributed by atoms with Crippen LogP contribution in [0.2, 0.25) is 0 Å². The summed E-state index contributed by atoms with van der Waals surface area (Å²) < 4.78 is 0. The van der Waals surface area contributed by atoms with Gasteiger partial charge in [0.15, 0.2) is 0 Å². The van der Waals surface area contributed by atoms with E-state index >= 15 is 0 Å². The first-order valence-electron chi connectivity index (χ1n) is 12.5. The number of likely N-dealkylation sites (tertiary alicyclic amines) is 1. The predicted octanol–water partition coefficient (Wildman–Crippen LogP) is 5.09. The Kier molecular flexibility index (Phi) is 6.38. The van der Waals surface area contributed by atoms with Crippen LogP contribution in [0.25, 0.3) is 10.8 Å². The normalized spacial score (nSPS) is 18.4. The summed E-state index contributed by atoms with van der Waals surface area (Å²) in [5.41, 5.74) is 1.89. The van der Waals surface area contributed by atoms with E-state index < -0.39 is 5.54 Å². The number of piperidine rings is 1. The quantitative estimate of drug-likeness (QED) is 0.466. The molecule has 1 spiro atoms. The van der Waals surface area contributed by atoms with Crippen LogP contribution in [0.3, 0.4) is 0 Å². The van der Waals surface area contributed by atoms with E-state index in [1.165, 1.54) is 26.8 Å². The molecule has 34 heavy (non-hydrogen) atoms. The minimum Gasteiger partial charge on any atom is -0.310 e. The van der Waals surface area contributed by atoms with Crippen molar-refractivity contribution in [1.29, 1.82) is 0 Å². The number of hydrogen-bond acceptors (Lipinski definition) is 3. The molecule has 5 nitrogen and oxygen atoms in total. The van der Waals surface area contributed by atoms with E-state index in [1.54, 1.807) is 0 Å². The number of hydrogen-bond donors (Lipinski definition) is 0. The van der Waals surface area contributed by atoms with Gasteiger partial charge >= 0.3 is 6.03 Å². The second kappa shape index (κ2) is 9.59. The third kappa shape index (κ3) is 4.09. The van der Waals surface area contributed by atoms with E-state index in [-0.39, 0.29) is 11.9 Å². The highest BCUT2D eigenvalue weighted by Crippen LogP contribution is 2.38. The monoisotopic (exact) mass is 455 g/mol. The van der Waals surface area contributed by atoms with Crippen molar-refractivity contribution in [2.45, 2.75) is 44.7 Å². The number of benzene rings is 3. The maximum atomic E-state index is 13.6. The van der Waals surface area contributed by atoms with E-state index in [4.69, 9.17) is 0 Å². The van der Waals surface area contributed by atoms with Crippen molar-refractivity contribution in [3.05, 3.63) is 83.9 Å². The first-order valence-corrected chi connectivity index (χ1v) is 12.5. The van der Waals surface area contributed by atoms with Crippen molar-refractivity contribution in [3.63, 3.8) is 0 Å². The van der Waals surface area contributed by atoms with Gasteiger partial charge in [-0.2, -0.15) is 0 Å². The molecule has 2 heterocycles. The standard InChI is InChI=1S/C29H33N3O2/c1-2-32-28(34)31(19-9-12-23-10-4-3-5-11-23)27(33)29(32)17-20-30(21-18-29)22-25-15-8-14-24-13-6-7-16-26(24)25/h3-8,10-11,13-16H,2,9,12,17-22H2,1H3. The van der Waals surface area contributed by atoms with Crippen LogP contribution >= 0.6 is 0 Å². The highest BCUT2D eigenvalue weighted by Gasteiger charge is 2.57. The van der Waals surface area contributed by atoms with Gasteiger partial charge in [0, 0.05) is 32.7 Å². The number of nitrogens with zero attached hydrogens (tertiary/aromatic N) is 3. The Morgan fingerprint density at radius 1 is 0.853 bits per heavy atom. The molecular weight excluding hydrogens is 422 g/mol. The van der Waals surface area contributed by atoms with Gasteiger partial charge in [0.25, 0.3) is 5.91 Å². The SMILES string of the molecule is CCN1C(=O)N(CCCc2ccccc2)C(=O)C12CCN(Cc1cccc3ccccc13)CC2. The lowest BCUT2D eigenvalue weighted by Crippen LogP contribution is -2.56. The highest BCUT2D eigenvalue weighted by molar-refractivity contribution is 6.07. The predicted molar refractivity (Wildman–Crippen MR) is 135 cm³/mol. The molecule has 2 aliphatic rings. The zero-order chi connectivity index (χ0) is 23.5. The molecule has 5 rings (SSSR count). The van der Waals surface area contributed by atoms with Crippen LogP contribution in [0, 0.1) is 0 Å². The molecule has 0 N–H and O–H groups in total. The zero-order valence-electron chi connectivity index (χ0n) is 20.0. The molecule has 2 fully saturated rings. The molecule has 0 bridgehead atoms. The Morgan fingerprint density at radius 3 is 2.32 bits per heavy atom. The molecule has 0 radical (unpaired) electrons. The van der Waals surface area contributed by atoms with E-state index in [1.807, 2.05) is 30.0 Å². The van der Waals surface area contributed by atoms with Crippen molar-refractivity contribution >= 4 is 22.7 Å². The summed E-state index contributed by atoms with van der Waals surface area (Å²) in [6.45, 7) is 5.55. The van der Waals surface area contributed by atoms with Crippen molar-refractivity contribution in [3.8, 4) is 0 Å². The number of rotatable bonds is 7. The molecule has 0 aliphatic carbocycles. The van der Waals surface area contributed by atoms with Crippen LogP contribution in [0.1, 0.15) is 37.3 Å². The topological polar surface area (TPSA) is 43.9 Å². The zero-order valence-corrected chi connectivity index (χ0v) is 20.0. The van der Waals surface area contributed by atoms with Gasteiger partial charge in [-0.15, -0.1) is 0 Å². The third-order valence-corrected chi connectivity index (χ3v) is 7.59. The van der Waals surface area contributed by atoms with Gasteiger partial charge in [-0.25, -0.2) is 4.79 Å². The lowest BCUT2D eigenvalue weighted by molar-refractivity contribution is -0.135. The molecule has 3 amide bonds. The molecule has 0 aromatic heterocycles. The summed E-state index contributed by atoms with van der Waals surface area (Å²) in [6, 6.07) is 25.1. The Labute approximate surface area is 202 Å². The van der Waals surface area contributed by atoms with Crippen LogP contribution in [-0.2, 0) is 17.8 Å². The van der Waals surface area contributed by atoms with E-state index in [0.29, 0.717) is 25.9 Å². The first kappa shape index (κ1) is 22.6. The van der Waals surface area contributed by atoms with E-state index in [2.05, 4.69) is 59.5 Å². The Hall–Kier alpha value is -3.18. The summed E-state index contributed by atoms with van der Waals surface area (Å²) in [7, 11) is 0. The fourth-order valence-electron chi connectivity index (χ4n) is 5.74. The largest absolute Gasteiger partial charge is 0.327 e. The van der Waals surface area contributed by atoms with Crippen molar-refractivity contribution in [2.75, 3.05) is 26.2 Å². The van der Waals surface area contributed by atoms with Gasteiger partial charge in [-0.1, -0.05) is 72.8 Å². The second-order valence-corrected chi connectivity index (χ2v) is 9.52. The summed E-state index contributed by atoms with van der Waals surface area (Å²) in [5.74, 6) is 0.0113. The molecule has 0 unspecified atom stereocenters. The number of amides is 3. The van der Waals surface area contributed by atoms with E-state index in [0.717, 1.165) is 32.5 Å². The Balaban J connectivity index is 1.25. The molecular formula is C29H33N3O2. The lowest BCUT2D eigenvalue weighted by Gasteiger charge is -2.42. The Bertz CT molecular complexity index is 1160. The molecule has 3 aromatic carbocycles. The van der Waals surface area contributed by atoms with Crippen LogP contribution < -0.4 is 0 Å². The summed E-state index contributed by atoms with van der Waals surface area (Å²) in [4.78, 5) is 32.6. The van der Waals surface area contributed by atoms with E-state index in [9.17, 15) is 9.59 Å². The average molecular weight is 456 g/mol. The van der Waals surface area contributed by atoms with Crippen molar-refractivity contribution < 1.29 is 9.59 Å². The summed E-state index contributed by atoms with van der Waals surface area (Å²) in [6.07, 6.45) is 3.06.